The summed E-state index contributed by atoms with van der Waals surface area (Å²) < 4.78 is 65.8. The third-order valence-corrected chi connectivity index (χ3v) is 23.2. The second kappa shape index (κ2) is 58.9. The minimum Gasteiger partial charge on any atom is -0.493 e. The molecule has 0 spiro atoms. The van der Waals surface area contributed by atoms with E-state index in [0.29, 0.717) is 137 Å². The van der Waals surface area contributed by atoms with Crippen molar-refractivity contribution in [3.05, 3.63) is 261 Å². The normalized spacial score (nSPS) is 12.6. The number of nitrogens with zero attached hydrogens (tertiary/aromatic N) is 4. The van der Waals surface area contributed by atoms with Crippen molar-refractivity contribution in [2.24, 2.45) is 17.8 Å². The van der Waals surface area contributed by atoms with Crippen LogP contribution >= 0.6 is 0 Å². The van der Waals surface area contributed by atoms with Crippen LogP contribution in [-0.2, 0) is 50.1 Å². The summed E-state index contributed by atoms with van der Waals surface area (Å²) in [6.45, 7) is 20.9. The van der Waals surface area contributed by atoms with Gasteiger partial charge in [0, 0.05) is 161 Å². The molecule has 1 aliphatic heterocycles. The average Bonchev–Trinajstić information content (AvgIpc) is 1.00. The van der Waals surface area contributed by atoms with Crippen molar-refractivity contribution in [3.8, 4) is 70.4 Å². The van der Waals surface area contributed by atoms with Crippen LogP contribution in [0, 0.1) is 65.1 Å². The van der Waals surface area contributed by atoms with Crippen molar-refractivity contribution >= 4 is 47.5 Å². The van der Waals surface area contributed by atoms with E-state index in [2.05, 4.69) is 35.5 Å². The maximum Gasteiger partial charge on any atom is 0.458 e. The molecule has 8 aromatic rings. The summed E-state index contributed by atoms with van der Waals surface area (Å²) in [6.07, 6.45) is 13.6. The zero-order valence-corrected chi connectivity index (χ0v) is 80.4. The monoisotopic (exact) mass is 1870 g/mol. The SMILES string of the molecule is CC(C)N(Cc1ccccc1OCCCCCC(=O)O)C(=O)c1ccc(C#CC(F)(F)F)cc1.CC(C)N(Cc1ccccc1OCCCCCC(=O)O)C(=O)c1ccc(C#CC2CCC2)cc1.CC(C)N(Cc1ccccc1OCCCCCC(=O)O)C(=O)c1ccc(C#CC2CCCC2)cc1.CC(C)N(Cc1ccccc1OCCCCCC(=O)O)C(=O)c1ccc(C#CC2COC2)cc1. The van der Waals surface area contributed by atoms with Gasteiger partial charge in [0.25, 0.3) is 23.6 Å². The highest BCUT2D eigenvalue weighted by Crippen LogP contribution is 2.31. The highest BCUT2D eigenvalue weighted by Gasteiger charge is 2.28. The fourth-order valence-corrected chi connectivity index (χ4v) is 14.8. The summed E-state index contributed by atoms with van der Waals surface area (Å²) in [5, 5.41) is 34.9. The largest absolute Gasteiger partial charge is 0.493 e. The van der Waals surface area contributed by atoms with Gasteiger partial charge < -0.3 is 63.7 Å². The van der Waals surface area contributed by atoms with E-state index in [1.807, 2.05) is 246 Å². The van der Waals surface area contributed by atoms with Crippen LogP contribution in [0.4, 0.5) is 13.2 Å². The van der Waals surface area contributed by atoms with E-state index in [0.717, 1.165) is 108 Å². The summed E-state index contributed by atoms with van der Waals surface area (Å²) in [4.78, 5) is 103. The number of ether oxygens (including phenoxy) is 5. The third kappa shape index (κ3) is 40.3. The molecule has 2 aliphatic carbocycles. The Bertz CT molecular complexity index is 5250. The average molecular weight is 1880 g/mol. The first-order valence-corrected chi connectivity index (χ1v) is 47.9. The molecule has 11 rings (SSSR count). The zero-order valence-electron chi connectivity index (χ0n) is 80.4. The molecular weight excluding hydrogens is 1740 g/mol. The van der Waals surface area contributed by atoms with Crippen LogP contribution in [0.25, 0.3) is 0 Å². The number of benzene rings is 8. The summed E-state index contributed by atoms with van der Waals surface area (Å²) >= 11 is 0. The predicted molar refractivity (Wildman–Crippen MR) is 525 cm³/mol. The van der Waals surface area contributed by atoms with Crippen LogP contribution in [0.3, 0.4) is 0 Å². The van der Waals surface area contributed by atoms with Gasteiger partial charge >= 0.3 is 30.1 Å². The molecule has 0 aromatic heterocycles. The molecule has 137 heavy (non-hydrogen) atoms. The Kier molecular flexibility index (Phi) is 46.9. The molecule has 0 unspecified atom stereocenters. The molecule has 0 radical (unpaired) electrons. The number of hydrogen-bond donors (Lipinski definition) is 4. The highest BCUT2D eigenvalue weighted by molar-refractivity contribution is 5.96. The van der Waals surface area contributed by atoms with Crippen molar-refractivity contribution in [2.75, 3.05) is 39.6 Å². The fraction of sp³-hybridized carbons (Fsp3) is 0.434. The standard InChI is InChI=1S/C30H37NO4.C29H35NO4.C28H33NO5.C26H28F3NO4/c1-23(2)31(22-27-12-7-8-13-28(27)35-21-9-3-4-14-29(32)33)30(34)26-19-17-25(18-20-26)16-15-24-10-5-6-11-24;1-22(2)30(29(33)25-18-16-24(17-19-25)15-14-23-9-8-10-23)21-26-11-5-6-12-27(26)34-20-7-3-4-13-28(31)32;1-21(2)29(28(32)24-15-13-22(14-16-24)11-12-23-19-33-20-23)18-25-8-5-6-9-26(25)34-17-7-3-4-10-27(30)31;1-19(2)30(25(33)21-13-11-20(12-14-21)15-16-26(27,28)29)18-22-8-5-6-9-23(22)34-17-7-3-4-10-24(31)32/h7-8,12-13,17-20,23-24H,3-6,9-11,14,21-22H2,1-2H3,(H,32,33);5-6,11-12,16-19,22-23H,3-4,7-10,13,20-21H2,1-2H3,(H,31,32);5-6,8-9,13-16,21,23H,3-4,7,10,17-20H2,1-2H3,(H,30,31);5-6,8-9,11-14,19H,3-4,7,10,17-18H2,1-2H3,(H,31,32). The smallest absolute Gasteiger partial charge is 0.458 e. The molecule has 24 heteroatoms. The molecule has 4 N–H and O–H groups in total. The van der Waals surface area contributed by atoms with Crippen molar-refractivity contribution in [3.63, 3.8) is 0 Å². The second-order valence-corrected chi connectivity index (χ2v) is 35.5. The molecule has 728 valence electrons. The van der Waals surface area contributed by atoms with Gasteiger partial charge in [-0.15, -0.1) is 0 Å². The van der Waals surface area contributed by atoms with E-state index in [9.17, 15) is 51.5 Å². The van der Waals surface area contributed by atoms with Crippen LogP contribution in [0.15, 0.2) is 194 Å². The molecule has 1 heterocycles. The number of carbonyl (C=O) groups is 8. The first kappa shape index (κ1) is 109. The predicted octanol–water partition coefficient (Wildman–Crippen LogP) is 22.6. The number of amides is 4. The van der Waals surface area contributed by atoms with Gasteiger partial charge in [-0.05, 0) is 279 Å². The van der Waals surface area contributed by atoms with Crippen molar-refractivity contribution in [2.45, 2.75) is 260 Å². The van der Waals surface area contributed by atoms with Crippen LogP contribution in [0.5, 0.6) is 23.0 Å². The molecular formula is C113H133F3N4O17. The molecule has 0 bridgehead atoms. The van der Waals surface area contributed by atoms with Crippen LogP contribution in [0.1, 0.15) is 289 Å². The van der Waals surface area contributed by atoms with Crippen molar-refractivity contribution < 1.29 is 95.6 Å². The second-order valence-electron chi connectivity index (χ2n) is 35.5. The first-order chi connectivity index (χ1) is 65.9. The Labute approximate surface area is 806 Å². The summed E-state index contributed by atoms with van der Waals surface area (Å²) in [5.41, 5.74) is 8.93. The van der Waals surface area contributed by atoms with Crippen molar-refractivity contribution in [1.82, 2.24) is 19.6 Å². The lowest BCUT2D eigenvalue weighted by atomic mass is 9.86. The van der Waals surface area contributed by atoms with Gasteiger partial charge in [-0.3, -0.25) is 38.4 Å². The number of aliphatic carboxylic acids is 4. The van der Waals surface area contributed by atoms with Gasteiger partial charge in [0.1, 0.15) is 23.0 Å². The number of hydrogen-bond acceptors (Lipinski definition) is 13. The minimum atomic E-state index is -4.57. The Morgan fingerprint density at radius 1 is 0.321 bits per heavy atom. The summed E-state index contributed by atoms with van der Waals surface area (Å²) in [7, 11) is 0. The topological polar surface area (TPSA) is 277 Å². The lowest BCUT2D eigenvalue weighted by Crippen LogP contribution is -2.36. The number of unbranched alkanes of at least 4 members (excludes halogenated alkanes) is 8. The Balaban J connectivity index is 0.000000224. The summed E-state index contributed by atoms with van der Waals surface area (Å²) in [6, 6.07) is 59.0. The first-order valence-electron chi connectivity index (χ1n) is 47.9. The van der Waals surface area contributed by atoms with Crippen LogP contribution in [-0.4, -0.2) is 158 Å². The zero-order chi connectivity index (χ0) is 98.9. The minimum absolute atomic E-state index is 0.00894. The number of carbonyl (C=O) groups excluding carboxylic acids is 4. The molecule has 4 amide bonds. The Morgan fingerprint density at radius 3 is 0.766 bits per heavy atom. The van der Waals surface area contributed by atoms with Gasteiger partial charge in [-0.1, -0.05) is 134 Å². The Morgan fingerprint density at radius 2 is 0.555 bits per heavy atom. The summed E-state index contributed by atoms with van der Waals surface area (Å²) in [5.74, 6) is 23.6. The number of carboxylic acid groups (broad SMARTS) is 4. The van der Waals surface area contributed by atoms with Gasteiger partial charge in [0.2, 0.25) is 0 Å². The number of para-hydroxylation sites is 4. The van der Waals surface area contributed by atoms with Gasteiger partial charge in [-0.25, -0.2) is 0 Å². The van der Waals surface area contributed by atoms with E-state index in [1.165, 1.54) is 75.1 Å². The van der Waals surface area contributed by atoms with E-state index < -0.39 is 30.1 Å². The van der Waals surface area contributed by atoms with E-state index in [-0.39, 0.29) is 79.0 Å². The third-order valence-electron chi connectivity index (χ3n) is 23.2. The molecule has 8 aromatic carbocycles. The maximum atomic E-state index is 13.4. The Hall–Kier alpha value is -13.3. The van der Waals surface area contributed by atoms with E-state index >= 15 is 0 Å². The fourth-order valence-electron chi connectivity index (χ4n) is 14.8. The van der Waals surface area contributed by atoms with Gasteiger partial charge in [0.05, 0.1) is 45.6 Å². The van der Waals surface area contributed by atoms with E-state index in [1.54, 1.807) is 4.90 Å². The maximum absolute atomic E-state index is 13.4. The molecule has 3 aliphatic rings. The lowest BCUT2D eigenvalue weighted by Gasteiger charge is -2.28. The number of halogens is 3. The highest BCUT2D eigenvalue weighted by atomic mass is 19.4. The van der Waals surface area contributed by atoms with Crippen LogP contribution < -0.4 is 18.9 Å². The molecule has 2 saturated carbocycles. The van der Waals surface area contributed by atoms with Gasteiger partial charge in [0.15, 0.2) is 0 Å². The molecule has 3 fully saturated rings. The molecule has 1 saturated heterocycles. The van der Waals surface area contributed by atoms with Crippen molar-refractivity contribution in [1.29, 1.82) is 0 Å². The number of carboxylic acids is 4. The van der Waals surface area contributed by atoms with Crippen LogP contribution in [0.2, 0.25) is 0 Å². The molecule has 21 nitrogen and oxygen atoms in total. The quantitative estimate of drug-likeness (QED) is 0.0204. The number of rotatable bonds is 44. The van der Waals surface area contributed by atoms with E-state index in [4.69, 9.17) is 44.1 Å². The molecule has 0 atom stereocenters. The lowest BCUT2D eigenvalue weighted by molar-refractivity contribution is -0.138. The van der Waals surface area contributed by atoms with Gasteiger partial charge in [-0.2, -0.15) is 13.2 Å². The number of alkyl halides is 3.